The van der Waals surface area contributed by atoms with E-state index in [1.165, 1.54) is 12.8 Å². The molecule has 124 valence electrons. The Bertz CT molecular complexity index is 793. The molecule has 1 saturated heterocycles. The highest BCUT2D eigenvalue weighted by atomic mass is 16.5. The van der Waals surface area contributed by atoms with Crippen LogP contribution >= 0.6 is 0 Å². The van der Waals surface area contributed by atoms with Crippen LogP contribution in [0.4, 0.5) is 0 Å². The first-order valence-corrected chi connectivity index (χ1v) is 8.52. The van der Waals surface area contributed by atoms with Crippen molar-refractivity contribution in [1.29, 1.82) is 0 Å². The number of aromatic nitrogens is 3. The molecule has 5 heteroatoms. The molecule has 2 aromatic heterocycles. The minimum absolute atomic E-state index is 0.537. The third-order valence-electron chi connectivity index (χ3n) is 4.81. The molecular formula is C19H22N4O. The van der Waals surface area contributed by atoms with Crippen LogP contribution in [-0.4, -0.2) is 32.2 Å². The van der Waals surface area contributed by atoms with Gasteiger partial charge in [0.15, 0.2) is 5.76 Å². The molecule has 3 aromatic rings. The monoisotopic (exact) mass is 322 g/mol. The Morgan fingerprint density at radius 2 is 2.12 bits per heavy atom. The van der Waals surface area contributed by atoms with Crippen LogP contribution in [0.25, 0.3) is 11.3 Å². The molecule has 1 atom stereocenters. The number of benzene rings is 1. The van der Waals surface area contributed by atoms with E-state index in [-0.39, 0.29) is 0 Å². The van der Waals surface area contributed by atoms with Gasteiger partial charge >= 0.3 is 0 Å². The molecule has 5 nitrogen and oxygen atoms in total. The third kappa shape index (κ3) is 3.12. The highest BCUT2D eigenvalue weighted by Gasteiger charge is 2.26. The Balaban J connectivity index is 1.45. The highest BCUT2D eigenvalue weighted by Crippen LogP contribution is 2.24. The van der Waals surface area contributed by atoms with E-state index in [0.717, 1.165) is 42.5 Å². The molecule has 0 N–H and O–H groups in total. The number of nitrogens with zero attached hydrogens (tertiary/aromatic N) is 4. The van der Waals surface area contributed by atoms with Crippen molar-refractivity contribution in [3.63, 3.8) is 0 Å². The zero-order chi connectivity index (χ0) is 16.4. The van der Waals surface area contributed by atoms with Gasteiger partial charge in [0.2, 0.25) is 0 Å². The summed E-state index contributed by atoms with van der Waals surface area (Å²) in [6.45, 7) is 5.01. The van der Waals surface area contributed by atoms with E-state index in [1.54, 1.807) is 0 Å². The molecule has 4 rings (SSSR count). The summed E-state index contributed by atoms with van der Waals surface area (Å²) in [4.78, 5) is 6.83. The lowest BCUT2D eigenvalue weighted by Gasteiger charge is -2.24. The second-order valence-corrected chi connectivity index (χ2v) is 6.44. The standard InChI is InChI=1S/C19H22N4O/c1-15-20-9-11-22(15)14-18-8-5-10-23(18)13-17-12-19(24-21-17)16-6-3-2-4-7-16/h2-4,6-7,9,11-12,18H,5,8,10,13-14H2,1H3. The van der Waals surface area contributed by atoms with Crippen molar-refractivity contribution in [2.75, 3.05) is 6.54 Å². The van der Waals surface area contributed by atoms with Crippen LogP contribution in [0.15, 0.2) is 53.3 Å². The van der Waals surface area contributed by atoms with Gasteiger partial charge in [0, 0.05) is 43.2 Å². The first-order chi connectivity index (χ1) is 11.8. The molecule has 1 unspecified atom stereocenters. The normalized spacial score (nSPS) is 18.3. The van der Waals surface area contributed by atoms with Gasteiger partial charge in [0.25, 0.3) is 0 Å². The average Bonchev–Trinajstić information content (AvgIpc) is 3.33. The largest absolute Gasteiger partial charge is 0.356 e. The second kappa shape index (κ2) is 6.61. The maximum Gasteiger partial charge on any atom is 0.167 e. The summed E-state index contributed by atoms with van der Waals surface area (Å²) < 4.78 is 7.77. The molecule has 0 saturated carbocycles. The predicted octanol–water partition coefficient (Wildman–Crippen LogP) is 3.51. The molecule has 24 heavy (non-hydrogen) atoms. The molecule has 1 aliphatic heterocycles. The molecule has 0 radical (unpaired) electrons. The number of hydrogen-bond donors (Lipinski definition) is 0. The first-order valence-electron chi connectivity index (χ1n) is 8.52. The van der Waals surface area contributed by atoms with Gasteiger partial charge in [-0.2, -0.15) is 0 Å². The predicted molar refractivity (Wildman–Crippen MR) is 92.3 cm³/mol. The van der Waals surface area contributed by atoms with Gasteiger partial charge < -0.3 is 9.09 Å². The maximum absolute atomic E-state index is 5.53. The van der Waals surface area contributed by atoms with E-state index < -0.39 is 0 Å². The fourth-order valence-corrected chi connectivity index (χ4v) is 3.47. The molecule has 1 fully saturated rings. The van der Waals surface area contributed by atoms with Gasteiger partial charge in [-0.1, -0.05) is 35.5 Å². The van der Waals surface area contributed by atoms with Crippen LogP contribution in [0.5, 0.6) is 0 Å². The Morgan fingerprint density at radius 1 is 1.25 bits per heavy atom. The summed E-state index contributed by atoms with van der Waals surface area (Å²) in [6, 6.07) is 12.7. The lowest BCUT2D eigenvalue weighted by atomic mass is 10.1. The van der Waals surface area contributed by atoms with E-state index in [9.17, 15) is 0 Å². The third-order valence-corrected chi connectivity index (χ3v) is 4.81. The number of rotatable bonds is 5. The van der Waals surface area contributed by atoms with Crippen LogP contribution < -0.4 is 0 Å². The number of imidazole rings is 1. The van der Waals surface area contributed by atoms with Crippen LogP contribution in [-0.2, 0) is 13.1 Å². The summed E-state index contributed by atoms with van der Waals surface area (Å²) in [5.74, 6) is 1.92. The minimum atomic E-state index is 0.537. The SMILES string of the molecule is Cc1nccn1CC1CCCN1Cc1cc(-c2ccccc2)on1. The van der Waals surface area contributed by atoms with Crippen molar-refractivity contribution in [3.05, 3.63) is 60.3 Å². The van der Waals surface area contributed by atoms with Crippen molar-refractivity contribution in [1.82, 2.24) is 19.6 Å². The lowest BCUT2D eigenvalue weighted by Crippen LogP contribution is -2.32. The molecule has 0 aliphatic carbocycles. The highest BCUT2D eigenvalue weighted by molar-refractivity contribution is 5.56. The number of hydrogen-bond acceptors (Lipinski definition) is 4. The van der Waals surface area contributed by atoms with Crippen molar-refractivity contribution in [2.45, 2.75) is 38.9 Å². The fraction of sp³-hybridized carbons (Fsp3) is 0.368. The van der Waals surface area contributed by atoms with Gasteiger partial charge in [-0.3, -0.25) is 4.90 Å². The Morgan fingerprint density at radius 3 is 2.92 bits per heavy atom. The quantitative estimate of drug-likeness (QED) is 0.721. The Labute approximate surface area is 141 Å². The van der Waals surface area contributed by atoms with Crippen LogP contribution in [0, 0.1) is 6.92 Å². The van der Waals surface area contributed by atoms with Gasteiger partial charge in [-0.05, 0) is 26.3 Å². The lowest BCUT2D eigenvalue weighted by molar-refractivity contribution is 0.217. The smallest absolute Gasteiger partial charge is 0.167 e. The van der Waals surface area contributed by atoms with E-state index in [4.69, 9.17) is 4.52 Å². The Hall–Kier alpha value is -2.40. The van der Waals surface area contributed by atoms with E-state index in [2.05, 4.69) is 38.8 Å². The fourth-order valence-electron chi connectivity index (χ4n) is 3.47. The van der Waals surface area contributed by atoms with E-state index >= 15 is 0 Å². The first kappa shape index (κ1) is 15.1. The molecule has 0 bridgehead atoms. The minimum Gasteiger partial charge on any atom is -0.356 e. The number of aryl methyl sites for hydroxylation is 1. The zero-order valence-corrected chi connectivity index (χ0v) is 13.9. The van der Waals surface area contributed by atoms with Crippen molar-refractivity contribution < 1.29 is 4.52 Å². The maximum atomic E-state index is 5.53. The molecule has 1 aliphatic rings. The van der Waals surface area contributed by atoms with Crippen molar-refractivity contribution in [2.24, 2.45) is 0 Å². The van der Waals surface area contributed by atoms with E-state index in [0.29, 0.717) is 6.04 Å². The summed E-state index contributed by atoms with van der Waals surface area (Å²) in [7, 11) is 0. The molecule has 0 amide bonds. The van der Waals surface area contributed by atoms with E-state index in [1.807, 2.05) is 36.5 Å². The van der Waals surface area contributed by atoms with Gasteiger partial charge in [-0.15, -0.1) is 0 Å². The Kier molecular flexibility index (Phi) is 4.17. The summed E-state index contributed by atoms with van der Waals surface area (Å²) >= 11 is 0. The molecule has 0 spiro atoms. The van der Waals surface area contributed by atoms with Crippen LogP contribution in [0.1, 0.15) is 24.4 Å². The van der Waals surface area contributed by atoms with Crippen molar-refractivity contribution in [3.8, 4) is 11.3 Å². The number of likely N-dealkylation sites (tertiary alicyclic amines) is 1. The van der Waals surface area contributed by atoms with Crippen LogP contribution in [0.2, 0.25) is 0 Å². The molecule has 3 heterocycles. The summed E-state index contributed by atoms with van der Waals surface area (Å²) in [6.07, 6.45) is 6.40. The van der Waals surface area contributed by atoms with Gasteiger partial charge in [0.1, 0.15) is 5.82 Å². The van der Waals surface area contributed by atoms with Gasteiger partial charge in [-0.25, -0.2) is 4.98 Å². The summed E-state index contributed by atoms with van der Waals surface area (Å²) in [5, 5.41) is 4.27. The topological polar surface area (TPSA) is 47.1 Å². The van der Waals surface area contributed by atoms with Crippen molar-refractivity contribution >= 4 is 0 Å². The molecule has 1 aromatic carbocycles. The molecular weight excluding hydrogens is 300 g/mol. The second-order valence-electron chi connectivity index (χ2n) is 6.44. The zero-order valence-electron chi connectivity index (χ0n) is 13.9. The van der Waals surface area contributed by atoms with Crippen LogP contribution in [0.3, 0.4) is 0 Å². The average molecular weight is 322 g/mol. The van der Waals surface area contributed by atoms with Gasteiger partial charge in [0.05, 0.1) is 5.69 Å². The summed E-state index contributed by atoms with van der Waals surface area (Å²) in [5.41, 5.74) is 2.08.